The van der Waals surface area contributed by atoms with Gasteiger partial charge in [0.1, 0.15) is 0 Å². The molecule has 0 aliphatic heterocycles. The second-order valence-electron chi connectivity index (χ2n) is 6.69. The predicted molar refractivity (Wildman–Crippen MR) is 97.0 cm³/mol. The van der Waals surface area contributed by atoms with Crippen LogP contribution < -0.4 is 5.32 Å². The summed E-state index contributed by atoms with van der Waals surface area (Å²) in [7, 11) is 0. The molecule has 0 saturated heterocycles. The van der Waals surface area contributed by atoms with Crippen LogP contribution >= 0.6 is 0 Å². The Balaban J connectivity index is 1.79. The maximum atomic E-state index is 12.7. The number of para-hydroxylation sites is 1. The molecule has 1 saturated carbocycles. The number of aromatic nitrogens is 1. The van der Waals surface area contributed by atoms with Crippen LogP contribution in [0.25, 0.3) is 10.9 Å². The second-order valence-corrected chi connectivity index (χ2v) is 6.69. The molecule has 119 valence electrons. The lowest BCUT2D eigenvalue weighted by Gasteiger charge is -2.15. The van der Waals surface area contributed by atoms with Crippen LogP contribution in [0.5, 0.6) is 0 Å². The van der Waals surface area contributed by atoms with Gasteiger partial charge in [0, 0.05) is 17.0 Å². The lowest BCUT2D eigenvalue weighted by Crippen LogP contribution is -2.23. The molecular formula is C21H19N2O. The number of fused-ring (bicyclic) bond motifs is 1. The molecule has 0 spiro atoms. The zero-order chi connectivity index (χ0) is 17.2. The summed E-state index contributed by atoms with van der Waals surface area (Å²) in [5.41, 5.74) is 1.38. The van der Waals surface area contributed by atoms with Crippen molar-refractivity contribution in [3.63, 3.8) is 0 Å². The first-order chi connectivity index (χ1) is 11.4. The minimum atomic E-state index is -0.170. The molecule has 1 N–H and O–H groups in total. The first-order valence-corrected chi connectivity index (χ1v) is 7.88. The van der Waals surface area contributed by atoms with Crippen molar-refractivity contribution in [2.45, 2.75) is 20.8 Å². The van der Waals surface area contributed by atoms with Crippen LogP contribution in [-0.4, -0.2) is 10.9 Å². The molecule has 0 atom stereocenters. The quantitative estimate of drug-likeness (QED) is 0.851. The number of anilines is 1. The first kappa shape index (κ1) is 16.5. The number of nitrogens with zero attached hydrogens (tertiary/aromatic N) is 1. The molecular weight excluding hydrogens is 296 g/mol. The Hall–Kier alpha value is -2.34. The van der Waals surface area contributed by atoms with Crippen molar-refractivity contribution in [2.24, 2.45) is 5.41 Å². The number of rotatable bonds is 2. The van der Waals surface area contributed by atoms with Gasteiger partial charge in [0.05, 0.1) is 23.0 Å². The van der Waals surface area contributed by atoms with E-state index in [1.807, 2.05) is 63.9 Å². The third kappa shape index (κ3) is 3.76. The molecule has 1 fully saturated rings. The van der Waals surface area contributed by atoms with E-state index < -0.39 is 0 Å². The number of amides is 1. The van der Waals surface area contributed by atoms with Crippen molar-refractivity contribution in [2.75, 3.05) is 5.32 Å². The monoisotopic (exact) mass is 315 g/mol. The molecule has 0 unspecified atom stereocenters. The van der Waals surface area contributed by atoms with Gasteiger partial charge in [-0.25, -0.2) is 0 Å². The van der Waals surface area contributed by atoms with Crippen LogP contribution in [0.2, 0.25) is 0 Å². The lowest BCUT2D eigenvalue weighted by molar-refractivity contribution is -0.114. The van der Waals surface area contributed by atoms with Crippen LogP contribution in [0.15, 0.2) is 36.5 Å². The molecule has 3 rings (SSSR count). The van der Waals surface area contributed by atoms with Gasteiger partial charge in [0.15, 0.2) is 0 Å². The number of hydrogen-bond donors (Lipinski definition) is 1. The summed E-state index contributed by atoms with van der Waals surface area (Å²) in [5.74, 6) is 7.44. The van der Waals surface area contributed by atoms with Crippen molar-refractivity contribution in [1.29, 1.82) is 0 Å². The molecule has 24 heavy (non-hydrogen) atoms. The van der Waals surface area contributed by atoms with Crippen molar-refractivity contribution in [3.05, 3.63) is 67.6 Å². The highest BCUT2D eigenvalue weighted by atomic mass is 16.1. The Morgan fingerprint density at radius 3 is 2.71 bits per heavy atom. The zero-order valence-electron chi connectivity index (χ0n) is 14.1. The molecule has 3 nitrogen and oxygen atoms in total. The predicted octanol–water partition coefficient (Wildman–Crippen LogP) is 4.00. The standard InChI is InChI=1S/C21H19N2O/c1-21(2,3)13-12-15-7-4-10-17(15)20(24)23-18-11-5-8-16-9-6-14-22-19(16)18/h4-11,14H,1-3H3,(H,23,24). The summed E-state index contributed by atoms with van der Waals surface area (Å²) in [6, 6.07) is 9.59. The zero-order valence-corrected chi connectivity index (χ0v) is 14.1. The second kappa shape index (κ2) is 6.65. The van der Waals surface area contributed by atoms with E-state index in [4.69, 9.17) is 0 Å². The van der Waals surface area contributed by atoms with Gasteiger partial charge in [-0.3, -0.25) is 9.78 Å². The fourth-order valence-electron chi connectivity index (χ4n) is 2.38. The topological polar surface area (TPSA) is 42.0 Å². The Labute approximate surface area is 143 Å². The van der Waals surface area contributed by atoms with E-state index in [0.717, 1.165) is 16.8 Å². The highest BCUT2D eigenvalue weighted by molar-refractivity contribution is 6.10. The first-order valence-electron chi connectivity index (χ1n) is 7.88. The van der Waals surface area contributed by atoms with Gasteiger partial charge in [-0.1, -0.05) is 30.0 Å². The molecule has 2 aromatic rings. The van der Waals surface area contributed by atoms with E-state index in [1.54, 1.807) is 12.6 Å². The van der Waals surface area contributed by atoms with Gasteiger partial charge < -0.3 is 5.32 Å². The van der Waals surface area contributed by atoms with Crippen LogP contribution in [0.1, 0.15) is 20.8 Å². The highest BCUT2D eigenvalue weighted by Crippen LogP contribution is 2.34. The third-order valence-corrected chi connectivity index (χ3v) is 3.51. The van der Waals surface area contributed by atoms with Gasteiger partial charge >= 0.3 is 0 Å². The minimum absolute atomic E-state index is 0.107. The largest absolute Gasteiger partial charge is 0.324 e. The SMILES string of the molecule is CC(C)(C)C#C[C]1[CH][CH][CH][C]1C(=O)Nc1cccc2cccnc12. The van der Waals surface area contributed by atoms with E-state index in [2.05, 4.69) is 22.1 Å². The molecule has 0 bridgehead atoms. The van der Waals surface area contributed by atoms with Crippen molar-refractivity contribution < 1.29 is 4.79 Å². The normalized spacial score (nSPS) is 16.0. The van der Waals surface area contributed by atoms with Crippen LogP contribution in [-0.2, 0) is 4.79 Å². The summed E-state index contributed by atoms with van der Waals surface area (Å²) in [4.78, 5) is 17.0. The van der Waals surface area contributed by atoms with Crippen LogP contribution in [0.4, 0.5) is 5.69 Å². The van der Waals surface area contributed by atoms with Gasteiger partial charge in [-0.05, 0) is 52.2 Å². The molecule has 1 aromatic heterocycles. The Morgan fingerprint density at radius 2 is 1.92 bits per heavy atom. The number of carbonyl (C=O) groups is 1. The number of pyridine rings is 1. The van der Waals surface area contributed by atoms with Crippen LogP contribution in [0.3, 0.4) is 0 Å². The van der Waals surface area contributed by atoms with Crippen molar-refractivity contribution >= 4 is 22.5 Å². The molecule has 1 aliphatic rings. The summed E-state index contributed by atoms with van der Waals surface area (Å²) in [5, 5.41) is 3.95. The molecule has 3 heteroatoms. The molecule has 1 aromatic carbocycles. The minimum Gasteiger partial charge on any atom is -0.324 e. The molecule has 1 amide bonds. The average Bonchev–Trinajstić information content (AvgIpc) is 3.01. The van der Waals surface area contributed by atoms with Crippen LogP contribution in [0, 0.1) is 48.4 Å². The summed E-state index contributed by atoms with van der Waals surface area (Å²) in [6.45, 7) is 6.14. The third-order valence-electron chi connectivity index (χ3n) is 3.51. The van der Waals surface area contributed by atoms with Crippen molar-refractivity contribution in [1.82, 2.24) is 4.98 Å². The number of benzene rings is 1. The lowest BCUT2D eigenvalue weighted by atomic mass is 9.92. The van der Waals surface area contributed by atoms with E-state index in [9.17, 15) is 4.79 Å². The van der Waals surface area contributed by atoms with Gasteiger partial charge in [0.2, 0.25) is 5.91 Å². The fraction of sp³-hybridized carbons (Fsp3) is 0.190. The van der Waals surface area contributed by atoms with Gasteiger partial charge in [0.25, 0.3) is 0 Å². The molecule has 1 heterocycles. The maximum Gasteiger partial charge on any atom is 0.233 e. The van der Waals surface area contributed by atoms with E-state index in [1.165, 1.54) is 0 Å². The maximum absolute atomic E-state index is 12.7. The van der Waals surface area contributed by atoms with E-state index in [0.29, 0.717) is 11.6 Å². The van der Waals surface area contributed by atoms with E-state index in [-0.39, 0.29) is 11.3 Å². The molecule has 1 aliphatic carbocycles. The Morgan fingerprint density at radius 1 is 1.12 bits per heavy atom. The smallest absolute Gasteiger partial charge is 0.233 e. The van der Waals surface area contributed by atoms with Crippen molar-refractivity contribution in [3.8, 4) is 11.8 Å². The number of nitrogens with one attached hydrogen (secondary N) is 1. The number of carbonyl (C=O) groups excluding carboxylic acids is 1. The summed E-state index contributed by atoms with van der Waals surface area (Å²) < 4.78 is 0. The fourth-order valence-corrected chi connectivity index (χ4v) is 2.38. The van der Waals surface area contributed by atoms with Gasteiger partial charge in [-0.2, -0.15) is 0 Å². The average molecular weight is 315 g/mol. The summed E-state index contributed by atoms with van der Waals surface area (Å²) in [6.07, 6.45) is 7.24. The number of hydrogen-bond acceptors (Lipinski definition) is 2. The van der Waals surface area contributed by atoms with Gasteiger partial charge in [-0.15, -0.1) is 0 Å². The van der Waals surface area contributed by atoms with E-state index >= 15 is 0 Å². The molecule has 5 radical (unpaired) electrons. The summed E-state index contributed by atoms with van der Waals surface area (Å²) >= 11 is 0. The highest BCUT2D eigenvalue weighted by Gasteiger charge is 2.34. The Kier molecular flexibility index (Phi) is 4.57. The Bertz CT molecular complexity index is 802.